The number of aryl methyl sites for hydroxylation is 1. The zero-order valence-corrected chi connectivity index (χ0v) is 12.7. The van der Waals surface area contributed by atoms with Crippen molar-refractivity contribution in [3.63, 3.8) is 0 Å². The second-order valence-corrected chi connectivity index (χ2v) is 5.36. The first-order chi connectivity index (χ1) is 10.2. The number of nitrogens with one attached hydrogen (secondary N) is 1. The van der Waals surface area contributed by atoms with Gasteiger partial charge in [0, 0.05) is 24.1 Å². The standard InChI is InChI=1S/C17H17NO2S/c1-13-11-21-12-16(13)10-18-17(20)15-7-5-14(6-8-15)4-2-3-9-19/h5-8,11-12,19H,3,9-10H2,1H3,(H,18,20). The summed E-state index contributed by atoms with van der Waals surface area (Å²) in [4.78, 5) is 12.0. The maximum Gasteiger partial charge on any atom is 0.251 e. The Hall–Kier alpha value is -2.09. The number of hydrogen-bond donors (Lipinski definition) is 2. The Morgan fingerprint density at radius 1 is 1.29 bits per heavy atom. The molecule has 2 aromatic rings. The lowest BCUT2D eigenvalue weighted by Gasteiger charge is -2.05. The summed E-state index contributed by atoms with van der Waals surface area (Å²) in [7, 11) is 0. The van der Waals surface area contributed by atoms with Gasteiger partial charge in [0.05, 0.1) is 6.61 Å². The van der Waals surface area contributed by atoms with Crippen molar-refractivity contribution < 1.29 is 9.90 Å². The van der Waals surface area contributed by atoms with Crippen LogP contribution in [0.15, 0.2) is 35.0 Å². The van der Waals surface area contributed by atoms with Gasteiger partial charge in [0.1, 0.15) is 0 Å². The second kappa shape index (κ2) is 7.63. The average molecular weight is 299 g/mol. The Kier molecular flexibility index (Phi) is 5.56. The first-order valence-corrected chi connectivity index (χ1v) is 7.64. The van der Waals surface area contributed by atoms with Crippen LogP contribution in [0.3, 0.4) is 0 Å². The summed E-state index contributed by atoms with van der Waals surface area (Å²) in [6.45, 7) is 2.65. The molecule has 1 heterocycles. The van der Waals surface area contributed by atoms with Crippen molar-refractivity contribution in [1.29, 1.82) is 0 Å². The van der Waals surface area contributed by atoms with Gasteiger partial charge in [0.25, 0.3) is 5.91 Å². The third-order valence-corrected chi connectivity index (χ3v) is 3.93. The van der Waals surface area contributed by atoms with E-state index in [1.807, 2.05) is 19.1 Å². The van der Waals surface area contributed by atoms with Crippen LogP contribution in [0.1, 0.15) is 33.5 Å². The smallest absolute Gasteiger partial charge is 0.251 e. The van der Waals surface area contributed by atoms with E-state index in [-0.39, 0.29) is 12.5 Å². The average Bonchev–Trinajstić information content (AvgIpc) is 2.91. The zero-order valence-electron chi connectivity index (χ0n) is 11.8. The maximum atomic E-state index is 12.0. The molecule has 0 atom stereocenters. The molecule has 3 nitrogen and oxygen atoms in total. The Morgan fingerprint density at radius 2 is 2.05 bits per heavy atom. The van der Waals surface area contributed by atoms with Gasteiger partial charge < -0.3 is 10.4 Å². The normalized spacial score (nSPS) is 9.81. The SMILES string of the molecule is Cc1cscc1CNC(=O)c1ccc(C#CCCO)cc1. The van der Waals surface area contributed by atoms with Gasteiger partial charge in [-0.1, -0.05) is 11.8 Å². The fraction of sp³-hybridized carbons (Fsp3) is 0.235. The van der Waals surface area contributed by atoms with Crippen LogP contribution in [0, 0.1) is 18.8 Å². The van der Waals surface area contributed by atoms with Gasteiger partial charge >= 0.3 is 0 Å². The summed E-state index contributed by atoms with van der Waals surface area (Å²) in [5.74, 6) is 5.70. The lowest BCUT2D eigenvalue weighted by Crippen LogP contribution is -2.22. The van der Waals surface area contributed by atoms with Crippen molar-refractivity contribution in [3.05, 3.63) is 57.3 Å². The number of thiophene rings is 1. The van der Waals surface area contributed by atoms with E-state index in [9.17, 15) is 4.79 Å². The molecule has 4 heteroatoms. The fourth-order valence-electron chi connectivity index (χ4n) is 1.77. The van der Waals surface area contributed by atoms with Crippen LogP contribution in [-0.4, -0.2) is 17.6 Å². The highest BCUT2D eigenvalue weighted by atomic mass is 32.1. The van der Waals surface area contributed by atoms with Gasteiger partial charge in [-0.15, -0.1) is 0 Å². The molecule has 1 aromatic heterocycles. The van der Waals surface area contributed by atoms with E-state index in [0.717, 1.165) is 11.1 Å². The third-order valence-electron chi connectivity index (χ3n) is 3.02. The number of benzene rings is 1. The van der Waals surface area contributed by atoms with E-state index in [1.54, 1.807) is 23.5 Å². The molecule has 0 bridgehead atoms. The number of aliphatic hydroxyl groups excluding tert-OH is 1. The highest BCUT2D eigenvalue weighted by molar-refractivity contribution is 7.08. The van der Waals surface area contributed by atoms with Crippen LogP contribution in [0.2, 0.25) is 0 Å². The Labute approximate surface area is 128 Å². The molecule has 1 amide bonds. The van der Waals surface area contributed by atoms with Crippen molar-refractivity contribution in [2.24, 2.45) is 0 Å². The molecule has 2 N–H and O–H groups in total. The molecular formula is C17H17NO2S. The summed E-state index contributed by atoms with van der Waals surface area (Å²) in [5, 5.41) is 15.7. The summed E-state index contributed by atoms with van der Waals surface area (Å²) >= 11 is 1.64. The van der Waals surface area contributed by atoms with Gasteiger partial charge in [0.15, 0.2) is 0 Å². The minimum Gasteiger partial charge on any atom is -0.395 e. The van der Waals surface area contributed by atoms with Gasteiger partial charge in [-0.25, -0.2) is 0 Å². The topological polar surface area (TPSA) is 49.3 Å². The van der Waals surface area contributed by atoms with E-state index in [0.29, 0.717) is 18.5 Å². The minimum absolute atomic E-state index is 0.0650. The number of carbonyl (C=O) groups is 1. The Balaban J connectivity index is 1.94. The summed E-state index contributed by atoms with van der Waals surface area (Å²) in [6, 6.07) is 7.15. The second-order valence-electron chi connectivity index (χ2n) is 4.62. The lowest BCUT2D eigenvalue weighted by molar-refractivity contribution is 0.0951. The number of carbonyl (C=O) groups excluding carboxylic acids is 1. The van der Waals surface area contributed by atoms with E-state index < -0.39 is 0 Å². The zero-order chi connectivity index (χ0) is 15.1. The summed E-state index contributed by atoms with van der Waals surface area (Å²) < 4.78 is 0. The molecular weight excluding hydrogens is 282 g/mol. The molecule has 1 aromatic carbocycles. The van der Waals surface area contributed by atoms with Crippen molar-refractivity contribution in [2.45, 2.75) is 19.9 Å². The molecule has 0 aliphatic carbocycles. The van der Waals surface area contributed by atoms with E-state index in [4.69, 9.17) is 5.11 Å². The fourth-order valence-corrected chi connectivity index (χ4v) is 2.63. The van der Waals surface area contributed by atoms with Crippen LogP contribution >= 0.6 is 11.3 Å². The summed E-state index contributed by atoms with van der Waals surface area (Å²) in [5.41, 5.74) is 3.82. The van der Waals surface area contributed by atoms with Crippen molar-refractivity contribution in [3.8, 4) is 11.8 Å². The van der Waals surface area contributed by atoms with Gasteiger partial charge in [0.2, 0.25) is 0 Å². The van der Waals surface area contributed by atoms with Crippen LogP contribution in [0.25, 0.3) is 0 Å². The molecule has 0 radical (unpaired) electrons. The highest BCUT2D eigenvalue weighted by Gasteiger charge is 2.06. The highest BCUT2D eigenvalue weighted by Crippen LogP contribution is 2.13. The minimum atomic E-state index is -0.0875. The molecule has 0 aliphatic heterocycles. The summed E-state index contributed by atoms with van der Waals surface area (Å²) in [6.07, 6.45) is 0.461. The van der Waals surface area contributed by atoms with Gasteiger partial charge in [-0.05, 0) is 53.1 Å². The van der Waals surface area contributed by atoms with Crippen LogP contribution < -0.4 is 5.32 Å². The molecule has 0 aliphatic rings. The van der Waals surface area contributed by atoms with Gasteiger partial charge in [-0.2, -0.15) is 11.3 Å². The monoisotopic (exact) mass is 299 g/mol. The van der Waals surface area contributed by atoms with Crippen LogP contribution in [-0.2, 0) is 6.54 Å². The van der Waals surface area contributed by atoms with Crippen molar-refractivity contribution >= 4 is 17.2 Å². The van der Waals surface area contributed by atoms with E-state index >= 15 is 0 Å². The molecule has 108 valence electrons. The number of rotatable bonds is 4. The van der Waals surface area contributed by atoms with E-state index in [2.05, 4.69) is 27.9 Å². The first-order valence-electron chi connectivity index (χ1n) is 6.70. The first kappa shape index (κ1) is 15.3. The predicted octanol–water partition coefficient (Wildman–Crippen LogP) is 2.72. The van der Waals surface area contributed by atoms with E-state index in [1.165, 1.54) is 5.56 Å². The predicted molar refractivity (Wildman–Crippen MR) is 85.2 cm³/mol. The van der Waals surface area contributed by atoms with Crippen molar-refractivity contribution in [1.82, 2.24) is 5.32 Å². The Morgan fingerprint density at radius 3 is 2.67 bits per heavy atom. The molecule has 0 spiro atoms. The Bertz CT molecular complexity index is 662. The number of amides is 1. The number of hydrogen-bond acceptors (Lipinski definition) is 3. The quantitative estimate of drug-likeness (QED) is 0.853. The van der Waals surface area contributed by atoms with Gasteiger partial charge in [-0.3, -0.25) is 4.79 Å². The maximum absolute atomic E-state index is 12.0. The molecule has 2 rings (SSSR count). The third kappa shape index (κ3) is 4.45. The molecule has 21 heavy (non-hydrogen) atoms. The molecule has 0 fully saturated rings. The van der Waals surface area contributed by atoms with Crippen molar-refractivity contribution in [2.75, 3.05) is 6.61 Å². The van der Waals surface area contributed by atoms with Crippen LogP contribution in [0.5, 0.6) is 0 Å². The molecule has 0 saturated heterocycles. The molecule has 0 saturated carbocycles. The number of aliphatic hydroxyl groups is 1. The lowest BCUT2D eigenvalue weighted by atomic mass is 10.1. The largest absolute Gasteiger partial charge is 0.395 e. The van der Waals surface area contributed by atoms with Crippen LogP contribution in [0.4, 0.5) is 0 Å². The molecule has 0 unspecified atom stereocenters.